The first-order valence-electron chi connectivity index (χ1n) is 10.3. The molecule has 8 heteroatoms. The monoisotopic (exact) mass is 422 g/mol. The molecule has 0 aliphatic carbocycles. The van der Waals surface area contributed by atoms with Crippen LogP contribution in [0.4, 0.5) is 5.82 Å². The molecule has 0 radical (unpaired) electrons. The van der Waals surface area contributed by atoms with Crippen LogP contribution >= 0.6 is 0 Å². The van der Waals surface area contributed by atoms with E-state index < -0.39 is 6.10 Å². The molecule has 0 bridgehead atoms. The van der Waals surface area contributed by atoms with Gasteiger partial charge in [0.05, 0.1) is 13.4 Å². The number of nitrogens with zero attached hydrogens (tertiary/aromatic N) is 4. The highest BCUT2D eigenvalue weighted by molar-refractivity contribution is 5.81. The predicted octanol–water partition coefficient (Wildman–Crippen LogP) is 3.17. The SMILES string of the molecule is COc1cc(C)ccc1OC(C)C(=O)N1CCN(c2ccc(-c3ccco3)nn2)CC1. The molecule has 4 rings (SSSR count). The van der Waals surface area contributed by atoms with Crippen molar-refractivity contribution in [1.29, 1.82) is 0 Å². The van der Waals surface area contributed by atoms with Gasteiger partial charge in [-0.1, -0.05) is 6.07 Å². The molecule has 1 atom stereocenters. The van der Waals surface area contributed by atoms with Crippen molar-refractivity contribution in [1.82, 2.24) is 15.1 Å². The second-order valence-electron chi connectivity index (χ2n) is 7.48. The molecule has 1 unspecified atom stereocenters. The third-order valence-corrected chi connectivity index (χ3v) is 5.31. The number of furan rings is 1. The van der Waals surface area contributed by atoms with Crippen LogP contribution in [0.25, 0.3) is 11.5 Å². The van der Waals surface area contributed by atoms with Crippen LogP contribution < -0.4 is 14.4 Å². The fourth-order valence-electron chi connectivity index (χ4n) is 3.58. The number of hydrogen-bond acceptors (Lipinski definition) is 7. The number of amides is 1. The van der Waals surface area contributed by atoms with Crippen molar-refractivity contribution in [2.75, 3.05) is 38.2 Å². The summed E-state index contributed by atoms with van der Waals surface area (Å²) in [6.45, 7) is 6.31. The van der Waals surface area contributed by atoms with Crippen molar-refractivity contribution in [2.45, 2.75) is 20.0 Å². The van der Waals surface area contributed by atoms with E-state index in [-0.39, 0.29) is 5.91 Å². The van der Waals surface area contributed by atoms with Gasteiger partial charge in [-0.3, -0.25) is 4.79 Å². The van der Waals surface area contributed by atoms with Gasteiger partial charge in [0.2, 0.25) is 0 Å². The van der Waals surface area contributed by atoms with E-state index in [1.165, 1.54) is 0 Å². The molecule has 8 nitrogen and oxygen atoms in total. The Morgan fingerprint density at radius 2 is 1.87 bits per heavy atom. The largest absolute Gasteiger partial charge is 0.493 e. The highest BCUT2D eigenvalue weighted by atomic mass is 16.5. The van der Waals surface area contributed by atoms with Crippen molar-refractivity contribution in [3.05, 3.63) is 54.3 Å². The third-order valence-electron chi connectivity index (χ3n) is 5.31. The van der Waals surface area contributed by atoms with Gasteiger partial charge in [0.25, 0.3) is 5.91 Å². The van der Waals surface area contributed by atoms with Crippen LogP contribution in [0.1, 0.15) is 12.5 Å². The second kappa shape index (κ2) is 9.07. The van der Waals surface area contributed by atoms with E-state index in [1.54, 1.807) is 20.3 Å². The normalized spacial score (nSPS) is 14.9. The number of methoxy groups -OCH3 is 1. The van der Waals surface area contributed by atoms with E-state index in [9.17, 15) is 4.79 Å². The molecule has 162 valence electrons. The maximum Gasteiger partial charge on any atom is 0.263 e. The van der Waals surface area contributed by atoms with Crippen molar-refractivity contribution in [3.63, 3.8) is 0 Å². The number of hydrogen-bond donors (Lipinski definition) is 0. The summed E-state index contributed by atoms with van der Waals surface area (Å²) in [7, 11) is 1.59. The van der Waals surface area contributed by atoms with E-state index in [4.69, 9.17) is 13.9 Å². The Labute approximate surface area is 181 Å². The Morgan fingerprint density at radius 1 is 1.06 bits per heavy atom. The van der Waals surface area contributed by atoms with Gasteiger partial charge in [-0.05, 0) is 55.8 Å². The Kier molecular flexibility index (Phi) is 6.06. The lowest BCUT2D eigenvalue weighted by Crippen LogP contribution is -2.52. The Morgan fingerprint density at radius 3 is 2.52 bits per heavy atom. The molecule has 1 aliphatic heterocycles. The van der Waals surface area contributed by atoms with Crippen LogP contribution in [0, 0.1) is 6.92 Å². The average molecular weight is 422 g/mol. The number of ether oxygens (including phenoxy) is 2. The van der Waals surface area contributed by atoms with Crippen LogP contribution in [0.2, 0.25) is 0 Å². The minimum Gasteiger partial charge on any atom is -0.493 e. The third kappa shape index (κ3) is 4.63. The van der Waals surface area contributed by atoms with E-state index in [2.05, 4.69) is 15.1 Å². The standard InChI is InChI=1S/C23H26N4O4/c1-16-6-8-20(21(15-16)29-3)31-17(2)23(28)27-12-10-26(11-13-27)22-9-7-18(24-25-22)19-5-4-14-30-19/h4-9,14-15,17H,10-13H2,1-3H3. The molecule has 0 N–H and O–H groups in total. The summed E-state index contributed by atoms with van der Waals surface area (Å²) in [5.74, 6) is 2.63. The van der Waals surface area contributed by atoms with Crippen molar-refractivity contribution < 1.29 is 18.7 Å². The molecule has 31 heavy (non-hydrogen) atoms. The van der Waals surface area contributed by atoms with Crippen molar-refractivity contribution in [3.8, 4) is 23.0 Å². The molecule has 1 saturated heterocycles. The van der Waals surface area contributed by atoms with Gasteiger partial charge in [0, 0.05) is 26.2 Å². The number of benzene rings is 1. The van der Waals surface area contributed by atoms with Gasteiger partial charge in [-0.2, -0.15) is 0 Å². The lowest BCUT2D eigenvalue weighted by atomic mass is 10.2. The van der Waals surface area contributed by atoms with E-state index >= 15 is 0 Å². The fourth-order valence-corrected chi connectivity index (χ4v) is 3.58. The van der Waals surface area contributed by atoms with Crippen LogP contribution in [0.15, 0.2) is 53.1 Å². The zero-order valence-electron chi connectivity index (χ0n) is 17.9. The molecule has 1 fully saturated rings. The topological polar surface area (TPSA) is 80.9 Å². The van der Waals surface area contributed by atoms with Crippen LogP contribution in [-0.2, 0) is 4.79 Å². The Bertz CT molecular complexity index is 1010. The quantitative estimate of drug-likeness (QED) is 0.604. The summed E-state index contributed by atoms with van der Waals surface area (Å²) >= 11 is 0. The van der Waals surface area contributed by atoms with Crippen molar-refractivity contribution >= 4 is 11.7 Å². The first-order chi connectivity index (χ1) is 15.0. The zero-order chi connectivity index (χ0) is 21.8. The summed E-state index contributed by atoms with van der Waals surface area (Å²) < 4.78 is 16.6. The van der Waals surface area contributed by atoms with Gasteiger partial charge in [-0.15, -0.1) is 10.2 Å². The van der Waals surface area contributed by atoms with Gasteiger partial charge >= 0.3 is 0 Å². The van der Waals surface area contributed by atoms with Gasteiger partial charge in [-0.25, -0.2) is 0 Å². The lowest BCUT2D eigenvalue weighted by Gasteiger charge is -2.36. The number of anilines is 1. The summed E-state index contributed by atoms with van der Waals surface area (Å²) in [5, 5.41) is 8.57. The molecule has 0 saturated carbocycles. The Hall–Kier alpha value is -3.55. The maximum atomic E-state index is 12.9. The van der Waals surface area contributed by atoms with Gasteiger partial charge < -0.3 is 23.7 Å². The number of carbonyl (C=O) groups is 1. The summed E-state index contributed by atoms with van der Waals surface area (Å²) in [6, 6.07) is 13.2. The van der Waals surface area contributed by atoms with Crippen LogP contribution in [0.3, 0.4) is 0 Å². The number of carbonyl (C=O) groups excluding carboxylic acids is 1. The number of piperazine rings is 1. The minimum absolute atomic E-state index is 0.0403. The first-order valence-corrected chi connectivity index (χ1v) is 10.3. The molecular formula is C23H26N4O4. The molecule has 1 amide bonds. The van der Waals surface area contributed by atoms with Crippen molar-refractivity contribution in [2.24, 2.45) is 0 Å². The van der Waals surface area contributed by atoms with Crippen LogP contribution in [0.5, 0.6) is 11.5 Å². The van der Waals surface area contributed by atoms with Gasteiger partial charge in [0.1, 0.15) is 5.69 Å². The van der Waals surface area contributed by atoms with E-state index in [0.29, 0.717) is 49.1 Å². The predicted molar refractivity (Wildman–Crippen MR) is 116 cm³/mol. The molecular weight excluding hydrogens is 396 g/mol. The molecule has 3 heterocycles. The molecule has 2 aromatic heterocycles. The fraction of sp³-hybridized carbons (Fsp3) is 0.348. The number of aromatic nitrogens is 2. The first kappa shape index (κ1) is 20.7. The number of rotatable bonds is 6. The molecule has 1 aromatic carbocycles. The van der Waals surface area contributed by atoms with Crippen LogP contribution in [-0.4, -0.2) is 60.4 Å². The zero-order valence-corrected chi connectivity index (χ0v) is 17.9. The molecule has 3 aromatic rings. The van der Waals surface area contributed by atoms with E-state index in [0.717, 1.165) is 11.4 Å². The van der Waals surface area contributed by atoms with E-state index in [1.807, 2.05) is 54.3 Å². The van der Waals surface area contributed by atoms with Gasteiger partial charge in [0.15, 0.2) is 29.2 Å². The lowest BCUT2D eigenvalue weighted by molar-refractivity contribution is -0.138. The highest BCUT2D eigenvalue weighted by Gasteiger charge is 2.27. The number of aryl methyl sites for hydroxylation is 1. The minimum atomic E-state index is -0.601. The maximum absolute atomic E-state index is 12.9. The summed E-state index contributed by atoms with van der Waals surface area (Å²) in [4.78, 5) is 16.8. The smallest absolute Gasteiger partial charge is 0.263 e. The average Bonchev–Trinajstić information content (AvgIpc) is 3.35. The second-order valence-corrected chi connectivity index (χ2v) is 7.48. The summed E-state index contributed by atoms with van der Waals surface area (Å²) in [5.41, 5.74) is 1.76. The summed E-state index contributed by atoms with van der Waals surface area (Å²) in [6.07, 6.45) is 1.01. The highest BCUT2D eigenvalue weighted by Crippen LogP contribution is 2.29. The Balaban J connectivity index is 1.33. The molecule has 1 aliphatic rings. The molecule has 0 spiro atoms.